The monoisotopic (exact) mass is 977 g/mol. The highest BCUT2D eigenvalue weighted by atomic mass is 16.6. The Morgan fingerprint density at radius 2 is 0.614 bits per heavy atom. The Morgan fingerprint density at radius 1 is 0.343 bits per heavy atom. The van der Waals surface area contributed by atoms with Crippen LogP contribution < -0.4 is 0 Å². The van der Waals surface area contributed by atoms with Gasteiger partial charge >= 0.3 is 11.9 Å². The molecule has 0 bridgehead atoms. The molecule has 0 saturated carbocycles. The van der Waals surface area contributed by atoms with Crippen LogP contribution >= 0.6 is 0 Å². The molecular weight excluding hydrogens is 861 g/mol. The molecule has 0 aliphatic heterocycles. The fourth-order valence-electron chi connectivity index (χ4n) is 8.93. The maximum absolute atomic E-state index is 12.3. The van der Waals surface area contributed by atoms with Crippen LogP contribution in [0.1, 0.15) is 309 Å². The van der Waals surface area contributed by atoms with Gasteiger partial charge in [-0.15, -0.1) is 0 Å². The van der Waals surface area contributed by atoms with Crippen molar-refractivity contribution in [3.8, 4) is 0 Å². The molecule has 0 radical (unpaired) electrons. The summed E-state index contributed by atoms with van der Waals surface area (Å²) in [6.45, 7) is 4.01. The molecule has 0 aliphatic rings. The second-order valence-corrected chi connectivity index (χ2v) is 20.4. The highest BCUT2D eigenvalue weighted by molar-refractivity contribution is 5.70. The van der Waals surface area contributed by atoms with Crippen molar-refractivity contribution < 1.29 is 24.2 Å². The van der Waals surface area contributed by atoms with Crippen molar-refractivity contribution in [3.63, 3.8) is 0 Å². The maximum atomic E-state index is 12.3. The van der Waals surface area contributed by atoms with E-state index in [9.17, 15) is 14.7 Å². The van der Waals surface area contributed by atoms with Crippen LogP contribution in [0.5, 0.6) is 0 Å². The topological polar surface area (TPSA) is 72.8 Å². The lowest BCUT2D eigenvalue weighted by atomic mass is 10.0. The van der Waals surface area contributed by atoms with Gasteiger partial charge in [0.1, 0.15) is 6.61 Å². The van der Waals surface area contributed by atoms with Gasteiger partial charge in [0.2, 0.25) is 0 Å². The molecule has 1 unspecified atom stereocenters. The molecule has 1 N–H and O–H groups in total. The number of aliphatic hydroxyl groups excluding tert-OH is 1. The first-order valence-corrected chi connectivity index (χ1v) is 30.5. The van der Waals surface area contributed by atoms with Crippen molar-refractivity contribution in [1.29, 1.82) is 0 Å². The number of carbonyl (C=O) groups is 2. The van der Waals surface area contributed by atoms with Gasteiger partial charge in [-0.25, -0.2) is 0 Å². The zero-order valence-electron chi connectivity index (χ0n) is 46.5. The van der Waals surface area contributed by atoms with Crippen LogP contribution in [0, 0.1) is 0 Å². The Balaban J connectivity index is 3.38. The molecular formula is C65H116O5. The number of unbranched alkanes of at least 4 members (excludes halogenated alkanes) is 36. The van der Waals surface area contributed by atoms with E-state index in [2.05, 4.69) is 86.8 Å². The number of allylic oxidation sites excluding steroid dienone is 12. The Morgan fingerprint density at radius 3 is 0.929 bits per heavy atom. The highest BCUT2D eigenvalue weighted by Crippen LogP contribution is 2.17. The van der Waals surface area contributed by atoms with E-state index in [0.717, 1.165) is 77.0 Å². The summed E-state index contributed by atoms with van der Waals surface area (Å²) in [4.78, 5) is 24.5. The number of hydrogen-bond donors (Lipinski definition) is 1. The van der Waals surface area contributed by atoms with Crippen LogP contribution in [0.15, 0.2) is 72.9 Å². The first kappa shape index (κ1) is 67.3. The number of ether oxygens (including phenoxy) is 2. The highest BCUT2D eigenvalue weighted by Gasteiger charge is 2.16. The van der Waals surface area contributed by atoms with Crippen LogP contribution in [-0.4, -0.2) is 36.4 Å². The summed E-state index contributed by atoms with van der Waals surface area (Å²) in [6, 6.07) is 0. The number of aliphatic hydroxyl groups is 1. The molecule has 0 heterocycles. The van der Waals surface area contributed by atoms with Gasteiger partial charge in [-0.05, 0) is 83.5 Å². The predicted octanol–water partition coefficient (Wildman–Crippen LogP) is 20.8. The molecule has 0 spiro atoms. The third kappa shape index (κ3) is 57.9. The van der Waals surface area contributed by atoms with E-state index in [4.69, 9.17) is 9.47 Å². The molecule has 406 valence electrons. The minimum atomic E-state index is -0.777. The number of hydrogen-bond acceptors (Lipinski definition) is 5. The summed E-state index contributed by atoms with van der Waals surface area (Å²) in [5, 5.41) is 9.64. The molecule has 0 aliphatic carbocycles. The summed E-state index contributed by atoms with van der Waals surface area (Å²) in [5.74, 6) is -0.595. The van der Waals surface area contributed by atoms with Crippen LogP contribution in [0.2, 0.25) is 0 Å². The molecule has 0 aromatic rings. The van der Waals surface area contributed by atoms with Crippen LogP contribution in [0.3, 0.4) is 0 Å². The molecule has 0 saturated heterocycles. The molecule has 1 atom stereocenters. The minimum Gasteiger partial charge on any atom is -0.462 e. The molecule has 0 aromatic carbocycles. The van der Waals surface area contributed by atoms with E-state index in [1.807, 2.05) is 0 Å². The minimum absolute atomic E-state index is 0.0709. The van der Waals surface area contributed by atoms with Crippen molar-refractivity contribution >= 4 is 11.9 Å². The van der Waals surface area contributed by atoms with Crippen LogP contribution in [0.4, 0.5) is 0 Å². The normalized spacial score (nSPS) is 12.7. The van der Waals surface area contributed by atoms with Crippen LogP contribution in [-0.2, 0) is 19.1 Å². The SMILES string of the molecule is CC/C=C\C/C=C\C/C=C\C/C=C\CCCCCCCCCCCCCCCCCCCCCCCCCCCCCCC(=O)OC(CO)COC(=O)CCCCCCC/C=C\C/C=C\CCCCC. The molecule has 5 nitrogen and oxygen atoms in total. The average molecular weight is 978 g/mol. The fraction of sp³-hybridized carbons (Fsp3) is 0.785. The number of esters is 2. The van der Waals surface area contributed by atoms with E-state index >= 15 is 0 Å². The third-order valence-corrected chi connectivity index (χ3v) is 13.5. The van der Waals surface area contributed by atoms with E-state index in [1.165, 1.54) is 205 Å². The largest absolute Gasteiger partial charge is 0.462 e. The molecule has 5 heteroatoms. The molecule has 0 aromatic heterocycles. The zero-order valence-corrected chi connectivity index (χ0v) is 46.5. The van der Waals surface area contributed by atoms with Gasteiger partial charge < -0.3 is 14.6 Å². The van der Waals surface area contributed by atoms with Crippen LogP contribution in [0.25, 0.3) is 0 Å². The summed E-state index contributed by atoms with van der Waals surface area (Å²) in [5.41, 5.74) is 0. The van der Waals surface area contributed by atoms with Gasteiger partial charge in [-0.3, -0.25) is 9.59 Å². The van der Waals surface area contributed by atoms with Gasteiger partial charge in [0.15, 0.2) is 6.10 Å². The average Bonchev–Trinajstić information content (AvgIpc) is 3.36. The zero-order chi connectivity index (χ0) is 50.6. The van der Waals surface area contributed by atoms with Gasteiger partial charge in [-0.2, -0.15) is 0 Å². The Kier molecular flexibility index (Phi) is 58.3. The van der Waals surface area contributed by atoms with Crippen molar-refractivity contribution in [2.45, 2.75) is 315 Å². The van der Waals surface area contributed by atoms with Crippen molar-refractivity contribution in [2.75, 3.05) is 13.2 Å². The molecule has 0 rings (SSSR count). The fourth-order valence-corrected chi connectivity index (χ4v) is 8.93. The maximum Gasteiger partial charge on any atom is 0.306 e. The summed E-state index contributed by atoms with van der Waals surface area (Å²) < 4.78 is 10.7. The lowest BCUT2D eigenvalue weighted by Gasteiger charge is -2.15. The van der Waals surface area contributed by atoms with Crippen molar-refractivity contribution in [3.05, 3.63) is 72.9 Å². The van der Waals surface area contributed by atoms with Crippen molar-refractivity contribution in [1.82, 2.24) is 0 Å². The number of carbonyl (C=O) groups excluding carboxylic acids is 2. The smallest absolute Gasteiger partial charge is 0.306 e. The summed E-state index contributed by atoms with van der Waals surface area (Å²) in [6.07, 6.45) is 83.5. The van der Waals surface area contributed by atoms with E-state index in [1.54, 1.807) is 0 Å². The van der Waals surface area contributed by atoms with Crippen molar-refractivity contribution in [2.24, 2.45) is 0 Å². The summed E-state index contributed by atoms with van der Waals surface area (Å²) in [7, 11) is 0. The second-order valence-electron chi connectivity index (χ2n) is 20.4. The quantitative estimate of drug-likeness (QED) is 0.0373. The first-order valence-electron chi connectivity index (χ1n) is 30.5. The molecule has 70 heavy (non-hydrogen) atoms. The number of rotatable bonds is 56. The standard InChI is InChI=1S/C65H116O5/c1-3-5-7-9-11-13-15-17-19-20-21-22-23-24-25-26-27-28-29-30-31-32-33-34-35-36-37-38-39-40-41-42-43-44-46-48-50-52-54-56-58-60-65(68)70-63(61-66)62-69-64(67)59-57-55-53-51-49-47-45-18-16-14-12-10-8-6-4-2/h5,7,11-14,17-19,21-22,45,63,66H,3-4,6,8-10,15-16,20,23-44,46-62H2,1-2H3/b7-5-,13-11-,14-12-,19-17-,22-21-,45-18-. The second kappa shape index (κ2) is 60.6. The van der Waals surface area contributed by atoms with E-state index in [0.29, 0.717) is 12.8 Å². The molecule has 0 fully saturated rings. The van der Waals surface area contributed by atoms with Gasteiger partial charge in [0.05, 0.1) is 6.61 Å². The lowest BCUT2D eigenvalue weighted by Crippen LogP contribution is -2.28. The van der Waals surface area contributed by atoms with E-state index < -0.39 is 6.10 Å². The van der Waals surface area contributed by atoms with E-state index in [-0.39, 0.29) is 25.2 Å². The predicted molar refractivity (Wildman–Crippen MR) is 306 cm³/mol. The van der Waals surface area contributed by atoms with Gasteiger partial charge in [-0.1, -0.05) is 286 Å². The molecule has 0 amide bonds. The summed E-state index contributed by atoms with van der Waals surface area (Å²) >= 11 is 0. The Bertz CT molecular complexity index is 1240. The third-order valence-electron chi connectivity index (χ3n) is 13.5. The van der Waals surface area contributed by atoms with Gasteiger partial charge in [0, 0.05) is 12.8 Å². The van der Waals surface area contributed by atoms with Gasteiger partial charge in [0.25, 0.3) is 0 Å². The first-order chi connectivity index (χ1) is 34.6. The Labute approximate surface area is 435 Å². The Hall–Kier alpha value is -2.66. The lowest BCUT2D eigenvalue weighted by molar-refractivity contribution is -0.161.